The lowest BCUT2D eigenvalue weighted by molar-refractivity contribution is -0.303. The van der Waals surface area contributed by atoms with Crippen LogP contribution in [0.2, 0.25) is 0 Å². The maximum absolute atomic E-state index is 9.72. The maximum Gasteiger partial charge on any atom is 0.186 e. The standard InChI is InChI=1S/C11H17NO8/c12-1-6-11(3-14,20-6)4-18-10-9(17)8(16)7(15)5(2-13)19-10/h5-10,13-17H,2-4H2. The molecule has 9 heteroatoms. The topological polar surface area (TPSA) is 156 Å². The first-order chi connectivity index (χ1) is 9.49. The van der Waals surface area contributed by atoms with Crippen molar-refractivity contribution in [3.05, 3.63) is 0 Å². The Labute approximate surface area is 114 Å². The van der Waals surface area contributed by atoms with Gasteiger partial charge in [-0.25, -0.2) is 0 Å². The zero-order valence-corrected chi connectivity index (χ0v) is 10.5. The molecule has 20 heavy (non-hydrogen) atoms. The number of nitrogens with zero attached hydrogens (tertiary/aromatic N) is 1. The molecule has 2 rings (SSSR count). The normalized spacial score (nSPS) is 47.8. The number of aliphatic hydroxyl groups is 5. The minimum absolute atomic E-state index is 0.232. The van der Waals surface area contributed by atoms with Crippen molar-refractivity contribution in [3.8, 4) is 6.07 Å². The van der Waals surface area contributed by atoms with E-state index in [9.17, 15) is 15.3 Å². The van der Waals surface area contributed by atoms with Gasteiger partial charge in [-0.15, -0.1) is 0 Å². The van der Waals surface area contributed by atoms with Crippen LogP contribution in [0.1, 0.15) is 0 Å². The summed E-state index contributed by atoms with van der Waals surface area (Å²) in [5, 5.41) is 55.7. The van der Waals surface area contributed by atoms with Gasteiger partial charge in [0.05, 0.1) is 25.9 Å². The van der Waals surface area contributed by atoms with Crippen LogP contribution in [-0.2, 0) is 14.2 Å². The molecule has 7 atom stereocenters. The van der Waals surface area contributed by atoms with E-state index in [0.29, 0.717) is 0 Å². The number of aliphatic hydroxyl groups excluding tert-OH is 5. The quantitative estimate of drug-likeness (QED) is 0.324. The molecule has 0 radical (unpaired) electrons. The molecule has 2 fully saturated rings. The molecule has 114 valence electrons. The Morgan fingerprint density at radius 2 is 1.85 bits per heavy atom. The number of rotatable bonds is 5. The Hall–Kier alpha value is -0.830. The highest BCUT2D eigenvalue weighted by molar-refractivity contribution is 5.14. The highest BCUT2D eigenvalue weighted by Gasteiger charge is 2.58. The molecule has 2 aliphatic heterocycles. The van der Waals surface area contributed by atoms with E-state index < -0.39 is 55.6 Å². The fourth-order valence-electron chi connectivity index (χ4n) is 2.05. The van der Waals surface area contributed by atoms with E-state index in [1.807, 2.05) is 6.07 Å². The Bertz CT molecular complexity index is 385. The van der Waals surface area contributed by atoms with Gasteiger partial charge in [0.15, 0.2) is 18.0 Å². The molecule has 0 aromatic rings. The highest BCUT2D eigenvalue weighted by atomic mass is 16.7. The Kier molecular flexibility index (Phi) is 4.58. The van der Waals surface area contributed by atoms with Crippen molar-refractivity contribution in [2.45, 2.75) is 42.4 Å². The molecule has 0 aromatic heterocycles. The van der Waals surface area contributed by atoms with Gasteiger partial charge in [-0.2, -0.15) is 5.26 Å². The SMILES string of the molecule is N#CC1OC1(CO)COC1OC(CO)C(O)C(O)C1O. The molecule has 0 saturated carbocycles. The first-order valence-electron chi connectivity index (χ1n) is 6.09. The fourth-order valence-corrected chi connectivity index (χ4v) is 2.05. The average Bonchev–Trinajstić information content (AvgIpc) is 3.18. The van der Waals surface area contributed by atoms with Crippen LogP contribution in [0.25, 0.3) is 0 Å². The van der Waals surface area contributed by atoms with Crippen LogP contribution >= 0.6 is 0 Å². The molecule has 2 saturated heterocycles. The van der Waals surface area contributed by atoms with E-state index in [1.165, 1.54) is 0 Å². The van der Waals surface area contributed by atoms with Gasteiger partial charge in [0.1, 0.15) is 24.4 Å². The predicted molar refractivity (Wildman–Crippen MR) is 60.0 cm³/mol. The zero-order chi connectivity index (χ0) is 14.9. The lowest BCUT2D eigenvalue weighted by Crippen LogP contribution is -2.59. The lowest BCUT2D eigenvalue weighted by Gasteiger charge is -2.39. The minimum atomic E-state index is -1.54. The third-order valence-electron chi connectivity index (χ3n) is 3.50. The van der Waals surface area contributed by atoms with Crippen LogP contribution in [0.15, 0.2) is 0 Å². The third-order valence-corrected chi connectivity index (χ3v) is 3.50. The van der Waals surface area contributed by atoms with E-state index in [4.69, 9.17) is 29.7 Å². The van der Waals surface area contributed by atoms with Crippen molar-refractivity contribution in [2.75, 3.05) is 19.8 Å². The monoisotopic (exact) mass is 291 g/mol. The van der Waals surface area contributed by atoms with Crippen molar-refractivity contribution in [1.29, 1.82) is 5.26 Å². The van der Waals surface area contributed by atoms with Gasteiger partial charge >= 0.3 is 0 Å². The summed E-state index contributed by atoms with van der Waals surface area (Å²) in [6.07, 6.45) is -7.72. The molecule has 7 unspecified atom stereocenters. The summed E-state index contributed by atoms with van der Waals surface area (Å²) < 4.78 is 15.3. The summed E-state index contributed by atoms with van der Waals surface area (Å²) in [6, 6.07) is 1.82. The average molecular weight is 291 g/mol. The van der Waals surface area contributed by atoms with Gasteiger partial charge < -0.3 is 39.7 Å². The molecule has 0 amide bonds. The molecule has 0 spiro atoms. The van der Waals surface area contributed by atoms with Gasteiger partial charge in [-0.3, -0.25) is 0 Å². The number of nitriles is 1. The molecular formula is C11H17NO8. The first-order valence-corrected chi connectivity index (χ1v) is 6.09. The van der Waals surface area contributed by atoms with Crippen molar-refractivity contribution < 1.29 is 39.7 Å². The summed E-state index contributed by atoms with van der Waals surface area (Å²) in [4.78, 5) is 0. The molecule has 2 aliphatic rings. The Morgan fingerprint density at radius 3 is 2.35 bits per heavy atom. The largest absolute Gasteiger partial charge is 0.394 e. The van der Waals surface area contributed by atoms with Gasteiger partial charge in [0.25, 0.3) is 0 Å². The van der Waals surface area contributed by atoms with Crippen LogP contribution < -0.4 is 0 Å². The summed E-state index contributed by atoms with van der Waals surface area (Å²) >= 11 is 0. The lowest BCUT2D eigenvalue weighted by atomic mass is 9.99. The molecule has 9 nitrogen and oxygen atoms in total. The van der Waals surface area contributed by atoms with Crippen molar-refractivity contribution >= 4 is 0 Å². The van der Waals surface area contributed by atoms with Crippen molar-refractivity contribution in [1.82, 2.24) is 0 Å². The van der Waals surface area contributed by atoms with Crippen LogP contribution in [0, 0.1) is 11.3 Å². The van der Waals surface area contributed by atoms with E-state index in [2.05, 4.69) is 0 Å². The molecule has 0 aromatic carbocycles. The highest BCUT2D eigenvalue weighted by Crippen LogP contribution is 2.36. The first kappa shape index (κ1) is 15.6. The van der Waals surface area contributed by atoms with Crippen LogP contribution in [0.5, 0.6) is 0 Å². The number of epoxide rings is 1. The van der Waals surface area contributed by atoms with E-state index in [1.54, 1.807) is 0 Å². The van der Waals surface area contributed by atoms with Gasteiger partial charge in [-0.05, 0) is 0 Å². The number of ether oxygens (including phenoxy) is 3. The maximum atomic E-state index is 9.72. The predicted octanol–water partition coefficient (Wildman–Crippen LogP) is -3.54. The van der Waals surface area contributed by atoms with Crippen LogP contribution in [-0.4, -0.2) is 87.8 Å². The van der Waals surface area contributed by atoms with E-state index >= 15 is 0 Å². The zero-order valence-electron chi connectivity index (χ0n) is 10.5. The molecule has 5 N–H and O–H groups in total. The second-order valence-electron chi connectivity index (χ2n) is 4.86. The van der Waals surface area contributed by atoms with Gasteiger partial charge in [-0.1, -0.05) is 0 Å². The van der Waals surface area contributed by atoms with Gasteiger partial charge in [0, 0.05) is 0 Å². The smallest absolute Gasteiger partial charge is 0.186 e. The summed E-state index contributed by atoms with van der Waals surface area (Å²) in [5.74, 6) is 0. The fraction of sp³-hybridized carbons (Fsp3) is 0.909. The van der Waals surface area contributed by atoms with Crippen LogP contribution in [0.3, 0.4) is 0 Å². The summed E-state index contributed by atoms with van der Waals surface area (Å²) in [5.41, 5.74) is -1.16. The third kappa shape index (κ3) is 2.65. The van der Waals surface area contributed by atoms with Crippen LogP contribution in [0.4, 0.5) is 0 Å². The Morgan fingerprint density at radius 1 is 1.15 bits per heavy atom. The molecule has 0 aliphatic carbocycles. The molecule has 2 heterocycles. The second-order valence-corrected chi connectivity index (χ2v) is 4.86. The summed E-state index contributed by atoms with van der Waals surface area (Å²) in [6.45, 7) is -1.24. The number of hydrogen-bond donors (Lipinski definition) is 5. The van der Waals surface area contributed by atoms with Crippen molar-refractivity contribution in [3.63, 3.8) is 0 Å². The second kappa shape index (κ2) is 5.88. The Balaban J connectivity index is 1.94. The molecule has 0 bridgehead atoms. The minimum Gasteiger partial charge on any atom is -0.394 e. The summed E-state index contributed by atoms with van der Waals surface area (Å²) in [7, 11) is 0. The number of hydrogen-bond acceptors (Lipinski definition) is 9. The van der Waals surface area contributed by atoms with Gasteiger partial charge in [0.2, 0.25) is 0 Å². The van der Waals surface area contributed by atoms with Crippen molar-refractivity contribution in [2.24, 2.45) is 0 Å². The van der Waals surface area contributed by atoms with E-state index in [0.717, 1.165) is 0 Å². The molecular weight excluding hydrogens is 274 g/mol. The van der Waals surface area contributed by atoms with E-state index in [-0.39, 0.29) is 6.61 Å².